The topological polar surface area (TPSA) is 95.5 Å². The SMILES string of the molecule is CCOC(=O)C[C@H](N)c1cccc([N+](=O)[O-])c1.Cl. The lowest BCUT2D eigenvalue weighted by Crippen LogP contribution is -2.17. The molecule has 0 aromatic heterocycles. The fourth-order valence-corrected chi connectivity index (χ4v) is 1.39. The monoisotopic (exact) mass is 274 g/mol. The molecule has 0 aliphatic carbocycles. The highest BCUT2D eigenvalue weighted by molar-refractivity contribution is 5.85. The molecule has 1 aromatic carbocycles. The Morgan fingerprint density at radius 3 is 2.78 bits per heavy atom. The average Bonchev–Trinajstić information content (AvgIpc) is 2.29. The van der Waals surface area contributed by atoms with Crippen molar-refractivity contribution in [2.75, 3.05) is 6.61 Å². The van der Waals surface area contributed by atoms with E-state index in [4.69, 9.17) is 10.5 Å². The molecule has 1 rings (SSSR count). The molecular formula is C11H15ClN2O4. The molecule has 0 unspecified atom stereocenters. The van der Waals surface area contributed by atoms with E-state index in [-0.39, 0.29) is 24.5 Å². The highest BCUT2D eigenvalue weighted by Crippen LogP contribution is 2.20. The van der Waals surface area contributed by atoms with Gasteiger partial charge in [-0.25, -0.2) is 0 Å². The number of nitrogens with zero attached hydrogens (tertiary/aromatic N) is 1. The molecule has 7 heteroatoms. The highest BCUT2D eigenvalue weighted by Gasteiger charge is 2.15. The van der Waals surface area contributed by atoms with Crippen molar-refractivity contribution >= 4 is 24.1 Å². The van der Waals surface area contributed by atoms with Crippen molar-refractivity contribution in [3.8, 4) is 0 Å². The molecule has 2 N–H and O–H groups in total. The minimum absolute atomic E-state index is 0. The summed E-state index contributed by atoms with van der Waals surface area (Å²) in [5, 5.41) is 10.6. The summed E-state index contributed by atoms with van der Waals surface area (Å²) in [6.45, 7) is 2.00. The number of halogens is 1. The fourth-order valence-electron chi connectivity index (χ4n) is 1.39. The van der Waals surface area contributed by atoms with E-state index in [0.717, 1.165) is 0 Å². The second-order valence-corrected chi connectivity index (χ2v) is 3.47. The Bertz CT molecular complexity index is 425. The molecule has 0 spiro atoms. The van der Waals surface area contributed by atoms with E-state index in [0.29, 0.717) is 12.2 Å². The molecule has 0 aliphatic heterocycles. The predicted molar refractivity (Wildman–Crippen MR) is 68.5 cm³/mol. The van der Waals surface area contributed by atoms with Crippen molar-refractivity contribution in [2.24, 2.45) is 5.73 Å². The molecule has 0 bridgehead atoms. The summed E-state index contributed by atoms with van der Waals surface area (Å²) >= 11 is 0. The van der Waals surface area contributed by atoms with Gasteiger partial charge in [-0.15, -0.1) is 12.4 Å². The third-order valence-electron chi connectivity index (χ3n) is 2.20. The summed E-state index contributed by atoms with van der Waals surface area (Å²) in [7, 11) is 0. The highest BCUT2D eigenvalue weighted by atomic mass is 35.5. The lowest BCUT2D eigenvalue weighted by atomic mass is 10.0. The average molecular weight is 275 g/mol. The van der Waals surface area contributed by atoms with Crippen LogP contribution in [-0.2, 0) is 9.53 Å². The summed E-state index contributed by atoms with van der Waals surface area (Å²) in [5.41, 5.74) is 6.28. The van der Waals surface area contributed by atoms with Gasteiger partial charge >= 0.3 is 5.97 Å². The molecule has 0 fully saturated rings. The van der Waals surface area contributed by atoms with E-state index >= 15 is 0 Å². The van der Waals surface area contributed by atoms with Gasteiger partial charge in [0.25, 0.3) is 5.69 Å². The predicted octanol–water partition coefficient (Wildman–Crippen LogP) is 1.97. The first kappa shape index (κ1) is 16.3. The van der Waals surface area contributed by atoms with Gasteiger partial charge in [-0.3, -0.25) is 14.9 Å². The lowest BCUT2D eigenvalue weighted by molar-refractivity contribution is -0.384. The van der Waals surface area contributed by atoms with E-state index in [9.17, 15) is 14.9 Å². The molecule has 100 valence electrons. The summed E-state index contributed by atoms with van der Waals surface area (Å²) in [6, 6.07) is 5.34. The molecule has 1 atom stereocenters. The number of benzene rings is 1. The summed E-state index contributed by atoms with van der Waals surface area (Å²) in [5.74, 6) is -0.411. The van der Waals surface area contributed by atoms with Crippen molar-refractivity contribution in [3.05, 3.63) is 39.9 Å². The Hall–Kier alpha value is -1.66. The number of hydrogen-bond acceptors (Lipinski definition) is 5. The first-order valence-corrected chi connectivity index (χ1v) is 5.20. The van der Waals surface area contributed by atoms with Crippen LogP contribution in [0.2, 0.25) is 0 Å². The number of carbonyl (C=O) groups excluding carboxylic acids is 1. The number of nitrogens with two attached hydrogens (primary N) is 1. The number of nitro benzene ring substituents is 1. The van der Waals surface area contributed by atoms with Gasteiger partial charge in [0.1, 0.15) is 0 Å². The Labute approximate surface area is 111 Å². The maximum atomic E-state index is 11.2. The Morgan fingerprint density at radius 1 is 1.56 bits per heavy atom. The molecule has 18 heavy (non-hydrogen) atoms. The minimum atomic E-state index is -0.589. The standard InChI is InChI=1S/C11H14N2O4.ClH/c1-2-17-11(14)7-10(12)8-4-3-5-9(6-8)13(15)16;/h3-6,10H,2,7,12H2,1H3;1H/t10-;/m0./s1. The van der Waals surface area contributed by atoms with Crippen LogP contribution in [0.15, 0.2) is 24.3 Å². The molecule has 0 amide bonds. The zero-order chi connectivity index (χ0) is 12.8. The van der Waals surface area contributed by atoms with Crippen molar-refractivity contribution in [2.45, 2.75) is 19.4 Å². The van der Waals surface area contributed by atoms with Crippen molar-refractivity contribution in [1.29, 1.82) is 0 Å². The van der Waals surface area contributed by atoms with Crippen molar-refractivity contribution in [1.82, 2.24) is 0 Å². The van der Waals surface area contributed by atoms with Gasteiger partial charge in [0, 0.05) is 18.2 Å². The van der Waals surface area contributed by atoms with Gasteiger partial charge in [0.2, 0.25) is 0 Å². The van der Waals surface area contributed by atoms with Gasteiger partial charge < -0.3 is 10.5 Å². The third-order valence-corrected chi connectivity index (χ3v) is 2.20. The van der Waals surface area contributed by atoms with E-state index in [2.05, 4.69) is 0 Å². The molecule has 1 aromatic rings. The molecule has 6 nitrogen and oxygen atoms in total. The van der Waals surface area contributed by atoms with Gasteiger partial charge in [-0.05, 0) is 12.5 Å². The molecule has 0 heterocycles. The van der Waals surface area contributed by atoms with Crippen LogP contribution in [-0.4, -0.2) is 17.5 Å². The number of rotatable bonds is 5. The van der Waals surface area contributed by atoms with Crippen LogP contribution in [0, 0.1) is 10.1 Å². The number of nitro groups is 1. The van der Waals surface area contributed by atoms with Gasteiger partial charge in [-0.1, -0.05) is 12.1 Å². The number of carbonyl (C=O) groups is 1. The summed E-state index contributed by atoms with van der Waals surface area (Å²) < 4.78 is 4.76. The van der Waals surface area contributed by atoms with Crippen LogP contribution < -0.4 is 5.73 Å². The third kappa shape index (κ3) is 4.68. The van der Waals surface area contributed by atoms with E-state index in [1.807, 2.05) is 0 Å². The van der Waals surface area contributed by atoms with Gasteiger partial charge in [-0.2, -0.15) is 0 Å². The molecule has 0 saturated heterocycles. The Morgan fingerprint density at radius 2 is 2.22 bits per heavy atom. The minimum Gasteiger partial charge on any atom is -0.466 e. The Kier molecular flexibility index (Phi) is 6.92. The van der Waals surface area contributed by atoms with Crippen LogP contribution in [0.1, 0.15) is 24.9 Å². The first-order chi connectivity index (χ1) is 8.04. The van der Waals surface area contributed by atoms with Gasteiger partial charge in [0.15, 0.2) is 0 Å². The quantitative estimate of drug-likeness (QED) is 0.503. The van der Waals surface area contributed by atoms with Crippen LogP contribution in [0.3, 0.4) is 0 Å². The number of ether oxygens (including phenoxy) is 1. The second-order valence-electron chi connectivity index (χ2n) is 3.47. The van der Waals surface area contributed by atoms with E-state index < -0.39 is 16.9 Å². The Balaban J connectivity index is 0.00000289. The van der Waals surface area contributed by atoms with Crippen LogP contribution in [0.25, 0.3) is 0 Å². The molecular weight excluding hydrogens is 260 g/mol. The van der Waals surface area contributed by atoms with Crippen LogP contribution in [0.4, 0.5) is 5.69 Å². The zero-order valence-electron chi connectivity index (χ0n) is 9.87. The fraction of sp³-hybridized carbons (Fsp3) is 0.364. The smallest absolute Gasteiger partial charge is 0.307 e. The maximum absolute atomic E-state index is 11.2. The largest absolute Gasteiger partial charge is 0.466 e. The van der Waals surface area contributed by atoms with Crippen LogP contribution in [0.5, 0.6) is 0 Å². The van der Waals surface area contributed by atoms with Crippen molar-refractivity contribution in [3.63, 3.8) is 0 Å². The number of esters is 1. The summed E-state index contributed by atoms with van der Waals surface area (Å²) in [4.78, 5) is 21.3. The first-order valence-electron chi connectivity index (χ1n) is 5.20. The zero-order valence-corrected chi connectivity index (χ0v) is 10.7. The molecule has 0 saturated carbocycles. The lowest BCUT2D eigenvalue weighted by Gasteiger charge is -2.10. The molecule has 0 aliphatic rings. The maximum Gasteiger partial charge on any atom is 0.307 e. The number of non-ortho nitro benzene ring substituents is 1. The second kappa shape index (κ2) is 7.62. The molecule has 0 radical (unpaired) electrons. The van der Waals surface area contributed by atoms with Gasteiger partial charge in [0.05, 0.1) is 18.0 Å². The number of hydrogen-bond donors (Lipinski definition) is 1. The summed E-state index contributed by atoms with van der Waals surface area (Å²) in [6.07, 6.45) is 0.00894. The van der Waals surface area contributed by atoms with E-state index in [1.54, 1.807) is 19.1 Å². The van der Waals surface area contributed by atoms with E-state index in [1.165, 1.54) is 12.1 Å². The van der Waals surface area contributed by atoms with Crippen LogP contribution >= 0.6 is 12.4 Å². The normalized spacial score (nSPS) is 11.2. The van der Waals surface area contributed by atoms with Crippen molar-refractivity contribution < 1.29 is 14.5 Å².